The molecule has 0 amide bonds. The van der Waals surface area contributed by atoms with Crippen LogP contribution in [0.5, 0.6) is 0 Å². The molecule has 0 aromatic rings. The minimum absolute atomic E-state index is 0.174. The van der Waals surface area contributed by atoms with E-state index in [0.29, 0.717) is 25.7 Å². The Morgan fingerprint density at radius 1 is 1.22 bits per heavy atom. The van der Waals surface area contributed by atoms with Crippen molar-refractivity contribution < 1.29 is 38.1 Å². The highest BCUT2D eigenvalue weighted by Crippen LogP contribution is 2.78. The summed E-state index contributed by atoms with van der Waals surface area (Å²) in [7, 11) is 1.33. The SMILES string of the molecule is C=C1C[C@]23C[C@@]1(OC(C)=O)CC[C@H]2[C@@]12C=C[C@H](OC(C)=O)[C@](C)(C(=O)O1)[C@H]2[C@@H]3C(=O)OC. The van der Waals surface area contributed by atoms with Gasteiger partial charge in [-0.1, -0.05) is 6.58 Å². The van der Waals surface area contributed by atoms with Crippen molar-refractivity contribution in [1.82, 2.24) is 0 Å². The fourth-order valence-corrected chi connectivity index (χ4v) is 7.98. The molecule has 4 fully saturated rings. The van der Waals surface area contributed by atoms with Crippen LogP contribution < -0.4 is 0 Å². The van der Waals surface area contributed by atoms with Gasteiger partial charge in [-0.25, -0.2) is 0 Å². The number of carbonyl (C=O) groups is 4. The molecule has 0 unspecified atom stereocenters. The molecule has 8 heteroatoms. The van der Waals surface area contributed by atoms with E-state index in [9.17, 15) is 19.2 Å². The predicted octanol–water partition coefficient (Wildman–Crippen LogP) is 2.26. The highest BCUT2D eigenvalue weighted by molar-refractivity contribution is 5.87. The Balaban J connectivity index is 1.70. The quantitative estimate of drug-likeness (QED) is 0.371. The molecule has 32 heavy (non-hydrogen) atoms. The van der Waals surface area contributed by atoms with Crippen LogP contribution in [0.1, 0.15) is 46.5 Å². The van der Waals surface area contributed by atoms with Crippen LogP contribution in [-0.4, -0.2) is 48.3 Å². The zero-order valence-corrected chi connectivity index (χ0v) is 18.8. The standard InChI is InChI=1S/C24H28O8/c1-12-10-22-11-23(12,31-14(3)26)8-6-15(22)24-9-7-16(30-13(2)25)21(4,20(28)32-24)18(24)17(22)19(27)29-5/h7,9,15-18H,1,6,8,10-11H2,2-5H3/t15-,16+,17-,18-,21+,22+,23+,24-/m1/s1. The van der Waals surface area contributed by atoms with Crippen molar-refractivity contribution in [3.05, 3.63) is 24.3 Å². The summed E-state index contributed by atoms with van der Waals surface area (Å²) in [6, 6.07) is 0. The van der Waals surface area contributed by atoms with Crippen molar-refractivity contribution in [2.24, 2.45) is 28.6 Å². The van der Waals surface area contributed by atoms with Crippen LogP contribution in [0.4, 0.5) is 0 Å². The number of methoxy groups -OCH3 is 1. The second kappa shape index (κ2) is 6.23. The predicted molar refractivity (Wildman–Crippen MR) is 109 cm³/mol. The Morgan fingerprint density at radius 2 is 1.94 bits per heavy atom. The van der Waals surface area contributed by atoms with Crippen molar-refractivity contribution in [3.8, 4) is 0 Å². The summed E-state index contributed by atoms with van der Waals surface area (Å²) in [5.74, 6) is -3.26. The van der Waals surface area contributed by atoms with Gasteiger partial charge in [-0.2, -0.15) is 0 Å². The smallest absolute Gasteiger partial charge is 0.317 e. The van der Waals surface area contributed by atoms with E-state index >= 15 is 0 Å². The van der Waals surface area contributed by atoms with Crippen molar-refractivity contribution in [2.45, 2.75) is 63.8 Å². The van der Waals surface area contributed by atoms with Crippen LogP contribution in [0, 0.1) is 28.6 Å². The fourth-order valence-electron chi connectivity index (χ4n) is 7.98. The average Bonchev–Trinajstić information content (AvgIpc) is 3.13. The second-order valence-corrected chi connectivity index (χ2v) is 10.3. The van der Waals surface area contributed by atoms with Crippen molar-refractivity contribution in [2.75, 3.05) is 7.11 Å². The average molecular weight is 444 g/mol. The molecule has 5 aliphatic rings. The van der Waals surface area contributed by atoms with Crippen LogP contribution >= 0.6 is 0 Å². The van der Waals surface area contributed by atoms with Gasteiger partial charge >= 0.3 is 23.9 Å². The molecular formula is C24H28O8. The lowest BCUT2D eigenvalue weighted by atomic mass is 9.61. The molecule has 3 saturated carbocycles. The Bertz CT molecular complexity index is 998. The first-order valence-corrected chi connectivity index (χ1v) is 11.0. The number of hydrogen-bond acceptors (Lipinski definition) is 8. The van der Waals surface area contributed by atoms with Crippen LogP contribution in [0.2, 0.25) is 0 Å². The minimum Gasteiger partial charge on any atom is -0.469 e. The number of ether oxygens (including phenoxy) is 4. The first-order valence-electron chi connectivity index (χ1n) is 11.0. The van der Waals surface area contributed by atoms with Gasteiger partial charge in [-0.05, 0) is 55.7 Å². The lowest BCUT2D eigenvalue weighted by Gasteiger charge is -2.45. The Hall–Kier alpha value is -2.64. The van der Waals surface area contributed by atoms with E-state index in [1.54, 1.807) is 13.0 Å². The molecule has 4 aliphatic carbocycles. The topological polar surface area (TPSA) is 105 Å². The van der Waals surface area contributed by atoms with Crippen LogP contribution in [-0.2, 0) is 38.1 Å². The van der Waals surface area contributed by atoms with E-state index in [2.05, 4.69) is 6.58 Å². The van der Waals surface area contributed by atoms with E-state index in [1.165, 1.54) is 21.0 Å². The summed E-state index contributed by atoms with van der Waals surface area (Å²) in [6.45, 7) is 8.62. The van der Waals surface area contributed by atoms with Crippen molar-refractivity contribution in [1.29, 1.82) is 0 Å². The summed E-state index contributed by atoms with van der Waals surface area (Å²) < 4.78 is 22.7. The number of carbonyl (C=O) groups excluding carboxylic acids is 4. The maximum absolute atomic E-state index is 13.4. The molecule has 172 valence electrons. The van der Waals surface area contributed by atoms with Gasteiger partial charge in [0.05, 0.1) is 13.0 Å². The molecule has 0 aromatic heterocycles. The van der Waals surface area contributed by atoms with Gasteiger partial charge in [-0.15, -0.1) is 0 Å². The van der Waals surface area contributed by atoms with Gasteiger partial charge in [0.2, 0.25) is 0 Å². The molecular weight excluding hydrogens is 416 g/mol. The van der Waals surface area contributed by atoms with Crippen LogP contribution in [0.3, 0.4) is 0 Å². The van der Waals surface area contributed by atoms with Crippen LogP contribution in [0.25, 0.3) is 0 Å². The first-order chi connectivity index (χ1) is 15.0. The van der Waals surface area contributed by atoms with Gasteiger partial charge in [0.25, 0.3) is 0 Å². The number of esters is 4. The number of hydrogen-bond donors (Lipinski definition) is 0. The minimum atomic E-state index is -1.24. The highest BCUT2D eigenvalue weighted by Gasteiger charge is 2.84. The zero-order chi connectivity index (χ0) is 23.3. The molecule has 1 heterocycles. The van der Waals surface area contributed by atoms with Gasteiger partial charge in [0.1, 0.15) is 22.7 Å². The molecule has 1 spiro atoms. The first kappa shape index (κ1) is 21.2. The van der Waals surface area contributed by atoms with E-state index < -0.39 is 57.9 Å². The maximum Gasteiger partial charge on any atom is 0.317 e. The van der Waals surface area contributed by atoms with E-state index in [0.717, 1.165) is 5.57 Å². The second-order valence-electron chi connectivity index (χ2n) is 10.3. The van der Waals surface area contributed by atoms with Crippen molar-refractivity contribution >= 4 is 23.9 Å². The van der Waals surface area contributed by atoms with E-state index in [-0.39, 0.29) is 11.9 Å². The van der Waals surface area contributed by atoms with E-state index in [1.807, 2.05) is 6.08 Å². The molecule has 0 radical (unpaired) electrons. The molecule has 1 saturated heterocycles. The van der Waals surface area contributed by atoms with Crippen LogP contribution in [0.15, 0.2) is 24.3 Å². The van der Waals surface area contributed by atoms with Crippen molar-refractivity contribution in [3.63, 3.8) is 0 Å². The van der Waals surface area contributed by atoms with Gasteiger partial charge in [0.15, 0.2) is 0 Å². The van der Waals surface area contributed by atoms with E-state index in [4.69, 9.17) is 18.9 Å². The Kier molecular flexibility index (Phi) is 4.13. The zero-order valence-electron chi connectivity index (χ0n) is 18.8. The summed E-state index contributed by atoms with van der Waals surface area (Å²) >= 11 is 0. The number of fused-ring (bicyclic) bond motifs is 1. The fraction of sp³-hybridized carbons (Fsp3) is 0.667. The molecule has 0 aromatic carbocycles. The summed E-state index contributed by atoms with van der Waals surface area (Å²) in [6.07, 6.45) is 4.77. The largest absolute Gasteiger partial charge is 0.469 e. The molecule has 8 atom stereocenters. The van der Waals surface area contributed by atoms with Gasteiger partial charge in [0, 0.05) is 25.7 Å². The molecule has 1 aliphatic heterocycles. The Morgan fingerprint density at radius 3 is 2.56 bits per heavy atom. The third kappa shape index (κ3) is 2.23. The third-order valence-electron chi connectivity index (χ3n) is 8.88. The molecule has 5 rings (SSSR count). The molecule has 8 nitrogen and oxygen atoms in total. The summed E-state index contributed by atoms with van der Waals surface area (Å²) in [5.41, 5.74) is -2.93. The highest BCUT2D eigenvalue weighted by atomic mass is 16.6. The monoisotopic (exact) mass is 444 g/mol. The number of rotatable bonds is 3. The van der Waals surface area contributed by atoms with Gasteiger partial charge < -0.3 is 18.9 Å². The lowest BCUT2D eigenvalue weighted by Crippen LogP contribution is -2.52. The molecule has 0 N–H and O–H groups in total. The normalized spacial score (nSPS) is 47.4. The lowest BCUT2D eigenvalue weighted by molar-refractivity contribution is -0.170. The third-order valence-corrected chi connectivity index (χ3v) is 8.88. The summed E-state index contributed by atoms with van der Waals surface area (Å²) in [5, 5.41) is 0. The van der Waals surface area contributed by atoms with Gasteiger partial charge in [-0.3, -0.25) is 19.2 Å². The maximum atomic E-state index is 13.4. The molecule has 4 bridgehead atoms. The Labute approximate surface area is 186 Å². The summed E-state index contributed by atoms with van der Waals surface area (Å²) in [4.78, 5) is 50.4.